The molecule has 1 saturated heterocycles. The number of urea groups is 1. The van der Waals surface area contributed by atoms with E-state index in [1.165, 1.54) is 6.33 Å². The third kappa shape index (κ3) is 4.87. The molecule has 2 heterocycles. The molecule has 0 radical (unpaired) electrons. The van der Waals surface area contributed by atoms with Crippen LogP contribution in [0, 0.1) is 0 Å². The Morgan fingerprint density at radius 3 is 2.55 bits per heavy atom. The monoisotopic (exact) mass is 419 g/mol. The Morgan fingerprint density at radius 2 is 1.87 bits per heavy atom. The predicted molar refractivity (Wildman–Crippen MR) is 119 cm³/mol. The third-order valence-corrected chi connectivity index (χ3v) is 5.93. The van der Waals surface area contributed by atoms with Gasteiger partial charge < -0.3 is 15.0 Å². The number of methoxy groups -OCH3 is 1. The Morgan fingerprint density at radius 1 is 1.10 bits per heavy atom. The summed E-state index contributed by atoms with van der Waals surface area (Å²) in [6.45, 7) is 2.78. The normalized spacial score (nSPS) is 17.6. The van der Waals surface area contributed by atoms with Crippen LogP contribution in [-0.4, -0.2) is 39.4 Å². The Labute approximate surface area is 183 Å². The Kier molecular flexibility index (Phi) is 6.50. The number of nitrogens with zero attached hydrogens (tertiary/aromatic N) is 4. The molecule has 1 N–H and O–H groups in total. The van der Waals surface area contributed by atoms with Crippen molar-refractivity contribution >= 4 is 6.03 Å². The molecule has 4 rings (SSSR count). The molecule has 1 aliphatic heterocycles. The van der Waals surface area contributed by atoms with Crippen LogP contribution in [0.15, 0.2) is 61.2 Å². The number of carbonyl (C=O) groups excluding carboxylic acids is 1. The van der Waals surface area contributed by atoms with E-state index in [4.69, 9.17) is 4.74 Å². The second kappa shape index (κ2) is 9.64. The fourth-order valence-electron chi connectivity index (χ4n) is 4.13. The molecular formula is C24H29N5O2. The van der Waals surface area contributed by atoms with E-state index in [0.717, 1.165) is 54.8 Å². The smallest absolute Gasteiger partial charge is 0.318 e. The minimum atomic E-state index is -0.0999. The van der Waals surface area contributed by atoms with E-state index in [9.17, 15) is 4.79 Å². The minimum Gasteiger partial charge on any atom is -0.497 e. The van der Waals surface area contributed by atoms with Crippen LogP contribution >= 0.6 is 0 Å². The highest BCUT2D eigenvalue weighted by molar-refractivity contribution is 5.75. The number of nitrogens with one attached hydrogen (secondary N) is 1. The summed E-state index contributed by atoms with van der Waals surface area (Å²) in [4.78, 5) is 19.2. The van der Waals surface area contributed by atoms with Crippen LogP contribution in [0.4, 0.5) is 4.79 Å². The second-order valence-electron chi connectivity index (χ2n) is 7.93. The number of amides is 2. The van der Waals surface area contributed by atoms with E-state index in [2.05, 4.69) is 27.5 Å². The zero-order valence-corrected chi connectivity index (χ0v) is 18.1. The molecule has 2 unspecified atom stereocenters. The van der Waals surface area contributed by atoms with Crippen LogP contribution in [0.3, 0.4) is 0 Å². The van der Waals surface area contributed by atoms with Crippen LogP contribution in [0.25, 0.3) is 5.69 Å². The second-order valence-corrected chi connectivity index (χ2v) is 7.93. The van der Waals surface area contributed by atoms with E-state index in [-0.39, 0.29) is 18.1 Å². The Balaban J connectivity index is 1.46. The summed E-state index contributed by atoms with van der Waals surface area (Å²) < 4.78 is 7.00. The highest BCUT2D eigenvalue weighted by atomic mass is 16.5. The highest BCUT2D eigenvalue weighted by Crippen LogP contribution is 2.31. The first-order valence-electron chi connectivity index (χ1n) is 10.8. The minimum absolute atomic E-state index is 0.0180. The van der Waals surface area contributed by atoms with E-state index in [1.54, 1.807) is 18.1 Å². The topological polar surface area (TPSA) is 72.3 Å². The summed E-state index contributed by atoms with van der Waals surface area (Å²) in [6.07, 6.45) is 7.45. The van der Waals surface area contributed by atoms with Gasteiger partial charge in [0.2, 0.25) is 0 Å². The van der Waals surface area contributed by atoms with Crippen molar-refractivity contribution in [1.82, 2.24) is 25.0 Å². The van der Waals surface area contributed by atoms with E-state index < -0.39 is 0 Å². The molecule has 2 amide bonds. The van der Waals surface area contributed by atoms with Gasteiger partial charge in [0.25, 0.3) is 0 Å². The quantitative estimate of drug-likeness (QED) is 0.653. The molecule has 7 nitrogen and oxygen atoms in total. The number of rotatable bonds is 5. The van der Waals surface area contributed by atoms with Gasteiger partial charge in [-0.1, -0.05) is 37.1 Å². The number of hydrogen-bond acceptors (Lipinski definition) is 4. The van der Waals surface area contributed by atoms with Crippen molar-refractivity contribution < 1.29 is 9.53 Å². The number of carbonyl (C=O) groups is 1. The lowest BCUT2D eigenvalue weighted by Gasteiger charge is -2.32. The zero-order valence-electron chi connectivity index (χ0n) is 18.1. The largest absolute Gasteiger partial charge is 0.497 e. The molecule has 3 aromatic rings. The van der Waals surface area contributed by atoms with Crippen molar-refractivity contribution in [2.24, 2.45) is 0 Å². The maximum Gasteiger partial charge on any atom is 0.318 e. The maximum absolute atomic E-state index is 13.3. The molecule has 0 aliphatic carbocycles. The first-order valence-corrected chi connectivity index (χ1v) is 10.8. The summed E-state index contributed by atoms with van der Waals surface area (Å²) >= 11 is 0. The van der Waals surface area contributed by atoms with Gasteiger partial charge in [-0.25, -0.2) is 14.5 Å². The molecule has 0 saturated carbocycles. The molecule has 2 aromatic carbocycles. The summed E-state index contributed by atoms with van der Waals surface area (Å²) in [7, 11) is 1.67. The number of likely N-dealkylation sites (tertiary alicyclic amines) is 1. The summed E-state index contributed by atoms with van der Waals surface area (Å²) in [5.41, 5.74) is 3.14. The van der Waals surface area contributed by atoms with Gasteiger partial charge in [-0.2, -0.15) is 5.10 Å². The average molecular weight is 420 g/mol. The van der Waals surface area contributed by atoms with Gasteiger partial charge in [0.1, 0.15) is 18.4 Å². The molecule has 1 aromatic heterocycles. The lowest BCUT2D eigenvalue weighted by atomic mass is 10.0. The van der Waals surface area contributed by atoms with Gasteiger partial charge in [-0.05, 0) is 55.2 Å². The van der Waals surface area contributed by atoms with Crippen molar-refractivity contribution in [2.75, 3.05) is 13.7 Å². The summed E-state index contributed by atoms with van der Waals surface area (Å²) in [5, 5.41) is 7.35. The van der Waals surface area contributed by atoms with Crippen molar-refractivity contribution in [1.29, 1.82) is 0 Å². The van der Waals surface area contributed by atoms with E-state index >= 15 is 0 Å². The van der Waals surface area contributed by atoms with E-state index in [0.29, 0.717) is 0 Å². The van der Waals surface area contributed by atoms with Crippen LogP contribution in [0.1, 0.15) is 55.8 Å². The SMILES string of the molecule is COc1ccc(C2CCCCCN2C(=O)NC(C)c2ccc(-n3cncn3)cc2)cc1. The van der Waals surface area contributed by atoms with Gasteiger partial charge in [-0.15, -0.1) is 0 Å². The summed E-state index contributed by atoms with van der Waals surface area (Å²) in [6, 6.07) is 16.0. The van der Waals surface area contributed by atoms with Crippen molar-refractivity contribution in [3.63, 3.8) is 0 Å². The maximum atomic E-state index is 13.3. The average Bonchev–Trinajstić information content (AvgIpc) is 3.23. The van der Waals surface area contributed by atoms with Crippen molar-refractivity contribution in [3.05, 3.63) is 72.3 Å². The third-order valence-electron chi connectivity index (χ3n) is 5.93. The fourth-order valence-corrected chi connectivity index (χ4v) is 4.13. The molecular weight excluding hydrogens is 390 g/mol. The standard InChI is InChI=1S/C24H29N5O2/c1-18(19-7-11-21(12-8-19)29-17-25-16-26-29)27-24(30)28-15-5-3-4-6-23(28)20-9-13-22(31-2)14-10-20/h7-14,16-18,23H,3-6,15H2,1-2H3,(H,27,30). The van der Waals surface area contributed by atoms with Gasteiger partial charge in [0, 0.05) is 6.54 Å². The molecule has 0 bridgehead atoms. The Hall–Kier alpha value is -3.35. The molecule has 0 spiro atoms. The summed E-state index contributed by atoms with van der Waals surface area (Å²) in [5.74, 6) is 0.830. The number of benzene rings is 2. The van der Waals surface area contributed by atoms with Crippen LogP contribution in [0.5, 0.6) is 5.75 Å². The lowest BCUT2D eigenvalue weighted by Crippen LogP contribution is -2.43. The highest BCUT2D eigenvalue weighted by Gasteiger charge is 2.27. The van der Waals surface area contributed by atoms with Gasteiger partial charge in [-0.3, -0.25) is 0 Å². The number of ether oxygens (including phenoxy) is 1. The molecule has 1 fully saturated rings. The molecule has 162 valence electrons. The molecule has 7 heteroatoms. The van der Waals surface area contributed by atoms with Gasteiger partial charge >= 0.3 is 6.03 Å². The fraction of sp³-hybridized carbons (Fsp3) is 0.375. The number of hydrogen-bond donors (Lipinski definition) is 1. The predicted octanol–water partition coefficient (Wildman–Crippen LogP) is 4.66. The first kappa shape index (κ1) is 20.9. The van der Waals surface area contributed by atoms with Gasteiger partial charge in [0.15, 0.2) is 0 Å². The van der Waals surface area contributed by atoms with Crippen LogP contribution < -0.4 is 10.1 Å². The van der Waals surface area contributed by atoms with Crippen LogP contribution in [0.2, 0.25) is 0 Å². The molecule has 2 atom stereocenters. The van der Waals surface area contributed by atoms with Crippen LogP contribution in [-0.2, 0) is 0 Å². The molecule has 1 aliphatic rings. The zero-order chi connectivity index (χ0) is 21.6. The Bertz CT molecular complexity index is 970. The van der Waals surface area contributed by atoms with E-state index in [1.807, 2.05) is 48.2 Å². The number of aromatic nitrogens is 3. The van der Waals surface area contributed by atoms with Crippen molar-refractivity contribution in [2.45, 2.75) is 44.7 Å². The van der Waals surface area contributed by atoms with Crippen molar-refractivity contribution in [3.8, 4) is 11.4 Å². The first-order chi connectivity index (χ1) is 15.2. The lowest BCUT2D eigenvalue weighted by molar-refractivity contribution is 0.172. The van der Waals surface area contributed by atoms with Gasteiger partial charge in [0.05, 0.1) is 24.9 Å². The molecule has 31 heavy (non-hydrogen) atoms.